The maximum atomic E-state index is 12.9. The van der Waals surface area contributed by atoms with Crippen LogP contribution < -0.4 is 11.1 Å². The number of carbonyl (C=O) groups excluding carboxylic acids is 1. The van der Waals surface area contributed by atoms with E-state index in [1.165, 1.54) is 25.3 Å². The van der Waals surface area contributed by atoms with E-state index in [0.717, 1.165) is 6.07 Å². The molecule has 0 saturated heterocycles. The van der Waals surface area contributed by atoms with Gasteiger partial charge in [0.05, 0.1) is 11.4 Å². The Balaban J connectivity index is 2.11. The van der Waals surface area contributed by atoms with Crippen LogP contribution in [-0.2, 0) is 11.3 Å². The number of aromatic nitrogens is 1. The van der Waals surface area contributed by atoms with E-state index in [-0.39, 0.29) is 18.0 Å². The molecule has 2 aromatic rings. The maximum absolute atomic E-state index is 12.9. The molecule has 0 bridgehead atoms. The van der Waals surface area contributed by atoms with Gasteiger partial charge in [-0.25, -0.2) is 4.39 Å². The van der Waals surface area contributed by atoms with Crippen molar-refractivity contribution in [3.05, 3.63) is 41.5 Å². The second-order valence-electron chi connectivity index (χ2n) is 3.80. The molecule has 0 aliphatic carbocycles. The molecule has 3 N–H and O–H groups in total. The number of rotatable bonds is 4. The Morgan fingerprint density at radius 1 is 1.53 bits per heavy atom. The van der Waals surface area contributed by atoms with E-state index in [2.05, 4.69) is 10.5 Å². The Morgan fingerprint density at radius 2 is 2.32 bits per heavy atom. The average Bonchev–Trinajstić information content (AvgIpc) is 2.82. The molecule has 7 heteroatoms. The smallest absolute Gasteiger partial charge is 0.277 e. The first-order valence-corrected chi connectivity index (χ1v) is 5.41. The summed E-state index contributed by atoms with van der Waals surface area (Å²) in [5, 5.41) is 6.11. The minimum absolute atomic E-state index is 0.0933. The van der Waals surface area contributed by atoms with Gasteiger partial charge >= 0.3 is 0 Å². The molecule has 2 rings (SSSR count). The fraction of sp³-hybridized carbons (Fsp3) is 0.167. The van der Waals surface area contributed by atoms with Gasteiger partial charge in [0, 0.05) is 13.2 Å². The second kappa shape index (κ2) is 5.49. The van der Waals surface area contributed by atoms with Gasteiger partial charge in [-0.15, -0.1) is 0 Å². The highest BCUT2D eigenvalue weighted by Gasteiger charge is 2.14. The van der Waals surface area contributed by atoms with Crippen molar-refractivity contribution in [3.8, 4) is 0 Å². The SMILES string of the molecule is COCc1cc(C(=O)Nc2ccc(F)cc2N)no1. The van der Waals surface area contributed by atoms with Crippen LogP contribution in [0, 0.1) is 5.82 Å². The molecular weight excluding hydrogens is 253 g/mol. The zero-order valence-corrected chi connectivity index (χ0v) is 10.1. The number of hydrogen-bond donors (Lipinski definition) is 2. The molecule has 100 valence electrons. The number of amides is 1. The lowest BCUT2D eigenvalue weighted by Crippen LogP contribution is -2.13. The van der Waals surface area contributed by atoms with Gasteiger partial charge in [-0.1, -0.05) is 5.16 Å². The number of nitrogens with one attached hydrogen (secondary N) is 1. The normalized spacial score (nSPS) is 10.4. The predicted octanol–water partition coefficient (Wildman–Crippen LogP) is 1.79. The van der Waals surface area contributed by atoms with Crippen LogP contribution in [0.5, 0.6) is 0 Å². The van der Waals surface area contributed by atoms with Crippen LogP contribution >= 0.6 is 0 Å². The zero-order valence-electron chi connectivity index (χ0n) is 10.1. The number of anilines is 2. The van der Waals surface area contributed by atoms with Crippen molar-refractivity contribution in [3.63, 3.8) is 0 Å². The standard InChI is InChI=1S/C12H12FN3O3/c1-18-6-8-5-11(16-19-8)12(17)15-10-3-2-7(13)4-9(10)14/h2-5H,6,14H2,1H3,(H,15,17). The molecule has 1 amide bonds. The van der Waals surface area contributed by atoms with Crippen LogP contribution in [0.25, 0.3) is 0 Å². The van der Waals surface area contributed by atoms with Crippen molar-refractivity contribution in [1.29, 1.82) is 0 Å². The van der Waals surface area contributed by atoms with Gasteiger partial charge in [0.1, 0.15) is 12.4 Å². The molecule has 0 aliphatic rings. The summed E-state index contributed by atoms with van der Waals surface area (Å²) in [5.74, 6) is -0.538. The number of carbonyl (C=O) groups is 1. The van der Waals surface area contributed by atoms with Gasteiger partial charge in [0.15, 0.2) is 11.5 Å². The van der Waals surface area contributed by atoms with E-state index in [4.69, 9.17) is 15.0 Å². The molecule has 0 aliphatic heterocycles. The number of methoxy groups -OCH3 is 1. The summed E-state index contributed by atoms with van der Waals surface area (Å²) in [6.45, 7) is 0.221. The molecule has 0 spiro atoms. The molecule has 0 saturated carbocycles. The van der Waals surface area contributed by atoms with Gasteiger partial charge in [-0.2, -0.15) is 0 Å². The van der Waals surface area contributed by atoms with E-state index in [1.54, 1.807) is 0 Å². The number of hydrogen-bond acceptors (Lipinski definition) is 5. The highest BCUT2D eigenvalue weighted by atomic mass is 19.1. The molecule has 0 atom stereocenters. The van der Waals surface area contributed by atoms with Crippen molar-refractivity contribution < 1.29 is 18.4 Å². The quantitative estimate of drug-likeness (QED) is 0.822. The topological polar surface area (TPSA) is 90.4 Å². The summed E-state index contributed by atoms with van der Waals surface area (Å²) in [4.78, 5) is 11.8. The van der Waals surface area contributed by atoms with Crippen LogP contribution in [0.15, 0.2) is 28.8 Å². The largest absolute Gasteiger partial charge is 0.397 e. The van der Waals surface area contributed by atoms with Gasteiger partial charge < -0.3 is 20.3 Å². The van der Waals surface area contributed by atoms with E-state index in [1.807, 2.05) is 0 Å². The summed E-state index contributed by atoms with van der Waals surface area (Å²) in [7, 11) is 1.50. The third-order valence-corrected chi connectivity index (χ3v) is 2.34. The lowest BCUT2D eigenvalue weighted by Gasteiger charge is -2.05. The van der Waals surface area contributed by atoms with Crippen molar-refractivity contribution in [2.45, 2.75) is 6.61 Å². The van der Waals surface area contributed by atoms with Crippen LogP contribution in [0.1, 0.15) is 16.2 Å². The van der Waals surface area contributed by atoms with E-state index in [9.17, 15) is 9.18 Å². The van der Waals surface area contributed by atoms with Crippen LogP contribution in [0.2, 0.25) is 0 Å². The van der Waals surface area contributed by atoms with E-state index >= 15 is 0 Å². The summed E-state index contributed by atoms with van der Waals surface area (Å²) >= 11 is 0. The van der Waals surface area contributed by atoms with Crippen LogP contribution in [0.4, 0.5) is 15.8 Å². The van der Waals surface area contributed by atoms with Crippen molar-refractivity contribution in [2.75, 3.05) is 18.2 Å². The first-order chi connectivity index (χ1) is 9.10. The number of nitrogens with two attached hydrogens (primary N) is 1. The Labute approximate surface area is 108 Å². The van der Waals surface area contributed by atoms with E-state index < -0.39 is 11.7 Å². The Kier molecular flexibility index (Phi) is 3.76. The second-order valence-corrected chi connectivity index (χ2v) is 3.80. The van der Waals surface area contributed by atoms with Crippen molar-refractivity contribution >= 4 is 17.3 Å². The molecule has 1 aromatic heterocycles. The van der Waals surface area contributed by atoms with Gasteiger partial charge in [0.25, 0.3) is 5.91 Å². The highest BCUT2D eigenvalue weighted by Crippen LogP contribution is 2.19. The fourth-order valence-corrected chi connectivity index (χ4v) is 1.46. The molecule has 19 heavy (non-hydrogen) atoms. The monoisotopic (exact) mass is 265 g/mol. The van der Waals surface area contributed by atoms with Crippen molar-refractivity contribution in [2.24, 2.45) is 0 Å². The van der Waals surface area contributed by atoms with Crippen LogP contribution in [0.3, 0.4) is 0 Å². The number of ether oxygens (including phenoxy) is 1. The fourth-order valence-electron chi connectivity index (χ4n) is 1.46. The molecule has 0 radical (unpaired) electrons. The lowest BCUT2D eigenvalue weighted by atomic mass is 10.2. The van der Waals surface area contributed by atoms with Gasteiger partial charge in [-0.05, 0) is 18.2 Å². The minimum atomic E-state index is -0.496. The number of halogens is 1. The first-order valence-electron chi connectivity index (χ1n) is 5.41. The number of nitrogen functional groups attached to an aromatic ring is 1. The number of nitrogens with zero attached hydrogens (tertiary/aromatic N) is 1. The third-order valence-electron chi connectivity index (χ3n) is 2.34. The summed E-state index contributed by atoms with van der Waals surface area (Å²) in [6.07, 6.45) is 0. The molecule has 1 aromatic carbocycles. The maximum Gasteiger partial charge on any atom is 0.277 e. The summed E-state index contributed by atoms with van der Waals surface area (Å²) in [6, 6.07) is 5.15. The Bertz CT molecular complexity index is 598. The predicted molar refractivity (Wildman–Crippen MR) is 66.0 cm³/mol. The summed E-state index contributed by atoms with van der Waals surface area (Å²) in [5.41, 5.74) is 6.12. The Morgan fingerprint density at radius 3 is 3.00 bits per heavy atom. The van der Waals surface area contributed by atoms with E-state index in [0.29, 0.717) is 11.4 Å². The minimum Gasteiger partial charge on any atom is -0.397 e. The van der Waals surface area contributed by atoms with Gasteiger partial charge in [-0.3, -0.25) is 4.79 Å². The number of benzene rings is 1. The molecule has 6 nitrogen and oxygen atoms in total. The Hall–Kier alpha value is -2.41. The first kappa shape index (κ1) is 13.0. The average molecular weight is 265 g/mol. The molecule has 1 heterocycles. The molecule has 0 unspecified atom stereocenters. The van der Waals surface area contributed by atoms with Crippen LogP contribution in [-0.4, -0.2) is 18.2 Å². The summed E-state index contributed by atoms with van der Waals surface area (Å²) < 4.78 is 22.6. The highest BCUT2D eigenvalue weighted by molar-refractivity contribution is 6.04. The third kappa shape index (κ3) is 3.08. The zero-order chi connectivity index (χ0) is 13.8. The van der Waals surface area contributed by atoms with Gasteiger partial charge in [0.2, 0.25) is 0 Å². The lowest BCUT2D eigenvalue weighted by molar-refractivity contribution is 0.101. The molecular formula is C12H12FN3O3. The van der Waals surface area contributed by atoms with Crippen molar-refractivity contribution in [1.82, 2.24) is 5.16 Å². The molecule has 0 fully saturated rings.